The number of methoxy groups -OCH3 is 2. The molecule has 0 aliphatic heterocycles. The van der Waals surface area contributed by atoms with E-state index in [9.17, 15) is 0 Å². The lowest BCUT2D eigenvalue weighted by atomic mass is 9.83. The molecule has 0 amide bonds. The van der Waals surface area contributed by atoms with Crippen LogP contribution < -0.4 is 0 Å². The fraction of sp³-hybridized carbons (Fsp3) is 0.733. The van der Waals surface area contributed by atoms with Gasteiger partial charge in [0, 0.05) is 25.6 Å². The molecule has 0 fully saturated rings. The molecule has 1 rings (SSSR count). The Morgan fingerprint density at radius 3 is 2.35 bits per heavy atom. The normalized spacial score (nSPS) is 22.6. The zero-order chi connectivity index (χ0) is 15.0. The van der Waals surface area contributed by atoms with E-state index in [1.165, 1.54) is 0 Å². The van der Waals surface area contributed by atoms with Crippen molar-refractivity contribution in [2.45, 2.75) is 26.2 Å². The molecule has 0 spiro atoms. The Hall–Kier alpha value is -1.20. The monoisotopic (exact) mass is 286 g/mol. The average molecular weight is 286 g/mol. The standard InChI is InChI=1S/C15H26O5/c1-11-12(6-4-7-16)10-13(18-2)15(14(11)19-3)20-9-5-8-17/h10-12,16-17H,4-9H2,1-3H3. The van der Waals surface area contributed by atoms with Crippen LogP contribution in [0.2, 0.25) is 0 Å². The van der Waals surface area contributed by atoms with Gasteiger partial charge in [0.25, 0.3) is 0 Å². The molecule has 0 aromatic rings. The number of allylic oxidation sites excluding steroid dienone is 2. The van der Waals surface area contributed by atoms with Crippen LogP contribution in [0.1, 0.15) is 26.2 Å². The highest BCUT2D eigenvalue weighted by Crippen LogP contribution is 2.37. The van der Waals surface area contributed by atoms with Crippen molar-refractivity contribution in [2.24, 2.45) is 11.8 Å². The summed E-state index contributed by atoms with van der Waals surface area (Å²) in [6.07, 6.45) is 4.23. The second-order valence-corrected chi connectivity index (χ2v) is 4.88. The predicted octanol–water partition coefficient (Wildman–Crippen LogP) is 1.81. The maximum atomic E-state index is 8.98. The number of hydrogen-bond acceptors (Lipinski definition) is 5. The van der Waals surface area contributed by atoms with Crippen molar-refractivity contribution in [1.29, 1.82) is 0 Å². The Kier molecular flexibility index (Phi) is 7.47. The maximum Gasteiger partial charge on any atom is 0.199 e. The molecule has 0 bridgehead atoms. The van der Waals surface area contributed by atoms with Crippen LogP contribution >= 0.6 is 0 Å². The molecule has 116 valence electrons. The highest BCUT2D eigenvalue weighted by Gasteiger charge is 2.31. The first-order valence-electron chi connectivity index (χ1n) is 7.08. The Labute approximate surface area is 120 Å². The van der Waals surface area contributed by atoms with Crippen molar-refractivity contribution in [3.63, 3.8) is 0 Å². The van der Waals surface area contributed by atoms with Crippen molar-refractivity contribution < 1.29 is 24.4 Å². The second kappa shape index (κ2) is 8.87. The van der Waals surface area contributed by atoms with Crippen molar-refractivity contribution >= 4 is 0 Å². The summed E-state index contributed by atoms with van der Waals surface area (Å²) in [6.45, 7) is 2.79. The van der Waals surface area contributed by atoms with E-state index in [-0.39, 0.29) is 25.0 Å². The van der Waals surface area contributed by atoms with E-state index in [0.29, 0.717) is 24.5 Å². The van der Waals surface area contributed by atoms with E-state index >= 15 is 0 Å². The zero-order valence-corrected chi connectivity index (χ0v) is 12.6. The minimum absolute atomic E-state index is 0.0936. The van der Waals surface area contributed by atoms with Crippen LogP contribution in [0, 0.1) is 11.8 Å². The predicted molar refractivity (Wildman–Crippen MR) is 75.8 cm³/mol. The Morgan fingerprint density at radius 1 is 1.10 bits per heavy atom. The third kappa shape index (κ3) is 4.15. The Balaban J connectivity index is 2.89. The molecule has 0 saturated heterocycles. The second-order valence-electron chi connectivity index (χ2n) is 4.88. The molecule has 0 radical (unpaired) electrons. The fourth-order valence-corrected chi connectivity index (χ4v) is 2.42. The molecule has 2 atom stereocenters. The molecule has 1 aliphatic carbocycles. The van der Waals surface area contributed by atoms with E-state index in [0.717, 1.165) is 18.6 Å². The molecule has 0 heterocycles. The van der Waals surface area contributed by atoms with Gasteiger partial charge in [0.05, 0.1) is 20.8 Å². The van der Waals surface area contributed by atoms with E-state index in [1.807, 2.05) is 6.08 Å². The van der Waals surface area contributed by atoms with Crippen molar-refractivity contribution in [2.75, 3.05) is 34.0 Å². The van der Waals surface area contributed by atoms with Crippen molar-refractivity contribution in [1.82, 2.24) is 0 Å². The van der Waals surface area contributed by atoms with Gasteiger partial charge >= 0.3 is 0 Å². The molecule has 0 aromatic carbocycles. The van der Waals surface area contributed by atoms with Gasteiger partial charge in [0.1, 0.15) is 5.76 Å². The minimum Gasteiger partial charge on any atom is -0.497 e. The first-order valence-corrected chi connectivity index (χ1v) is 7.08. The van der Waals surface area contributed by atoms with Crippen molar-refractivity contribution in [3.8, 4) is 0 Å². The summed E-state index contributed by atoms with van der Waals surface area (Å²) in [5.74, 6) is 2.49. The topological polar surface area (TPSA) is 68.2 Å². The van der Waals surface area contributed by atoms with E-state index < -0.39 is 0 Å². The van der Waals surface area contributed by atoms with Crippen LogP contribution in [0.5, 0.6) is 0 Å². The first kappa shape index (κ1) is 16.9. The molecule has 0 aromatic heterocycles. The molecular formula is C15H26O5. The minimum atomic E-state index is 0.0936. The molecular weight excluding hydrogens is 260 g/mol. The summed E-state index contributed by atoms with van der Waals surface area (Å²) in [7, 11) is 3.23. The van der Waals surface area contributed by atoms with Crippen molar-refractivity contribution in [3.05, 3.63) is 23.4 Å². The number of ether oxygens (including phenoxy) is 3. The molecule has 1 aliphatic rings. The Morgan fingerprint density at radius 2 is 1.80 bits per heavy atom. The fourth-order valence-electron chi connectivity index (χ4n) is 2.42. The smallest absolute Gasteiger partial charge is 0.199 e. The highest BCUT2D eigenvalue weighted by molar-refractivity contribution is 5.30. The summed E-state index contributed by atoms with van der Waals surface area (Å²) in [5, 5.41) is 17.8. The van der Waals surface area contributed by atoms with E-state index in [4.69, 9.17) is 24.4 Å². The van der Waals surface area contributed by atoms with Gasteiger partial charge in [-0.3, -0.25) is 0 Å². The number of aliphatic hydroxyl groups excluding tert-OH is 2. The van der Waals surface area contributed by atoms with Gasteiger partial charge in [0.15, 0.2) is 11.5 Å². The van der Waals surface area contributed by atoms with Gasteiger partial charge in [0.2, 0.25) is 0 Å². The molecule has 2 N–H and O–H groups in total. The molecule has 0 saturated carbocycles. The molecule has 20 heavy (non-hydrogen) atoms. The van der Waals surface area contributed by atoms with Crippen LogP contribution in [0.4, 0.5) is 0 Å². The summed E-state index contributed by atoms with van der Waals surface area (Å²) < 4.78 is 16.6. The zero-order valence-electron chi connectivity index (χ0n) is 12.6. The quantitative estimate of drug-likeness (QED) is 0.633. The van der Waals surface area contributed by atoms with E-state index in [1.54, 1.807) is 14.2 Å². The lowest BCUT2D eigenvalue weighted by Gasteiger charge is -2.30. The summed E-state index contributed by atoms with van der Waals surface area (Å²) >= 11 is 0. The molecule has 5 nitrogen and oxygen atoms in total. The van der Waals surface area contributed by atoms with Crippen LogP contribution in [-0.2, 0) is 14.2 Å². The summed E-state index contributed by atoms with van der Waals surface area (Å²) in [6, 6.07) is 0. The molecule has 2 unspecified atom stereocenters. The summed E-state index contributed by atoms with van der Waals surface area (Å²) in [4.78, 5) is 0. The maximum absolute atomic E-state index is 8.98. The van der Waals surface area contributed by atoms with Crippen LogP contribution in [0.3, 0.4) is 0 Å². The number of hydrogen-bond donors (Lipinski definition) is 2. The Bertz CT molecular complexity index is 348. The van der Waals surface area contributed by atoms with Crippen LogP contribution in [0.15, 0.2) is 23.4 Å². The SMILES string of the molecule is COC1=CC(CCCO)C(C)C(OC)=C1OCCCO. The lowest BCUT2D eigenvalue weighted by Crippen LogP contribution is -2.23. The van der Waals surface area contributed by atoms with Gasteiger partial charge in [-0.2, -0.15) is 0 Å². The average Bonchev–Trinajstić information content (AvgIpc) is 2.46. The third-order valence-electron chi connectivity index (χ3n) is 3.55. The van der Waals surface area contributed by atoms with Gasteiger partial charge in [-0.25, -0.2) is 0 Å². The largest absolute Gasteiger partial charge is 0.497 e. The lowest BCUT2D eigenvalue weighted by molar-refractivity contribution is 0.109. The number of rotatable bonds is 9. The first-order chi connectivity index (χ1) is 9.69. The molecule has 5 heteroatoms. The van der Waals surface area contributed by atoms with Gasteiger partial charge in [-0.05, 0) is 24.8 Å². The van der Waals surface area contributed by atoms with Gasteiger partial charge in [-0.15, -0.1) is 0 Å². The van der Waals surface area contributed by atoms with Crippen LogP contribution in [0.25, 0.3) is 0 Å². The van der Waals surface area contributed by atoms with Gasteiger partial charge in [-0.1, -0.05) is 6.92 Å². The van der Waals surface area contributed by atoms with Crippen LogP contribution in [-0.4, -0.2) is 44.3 Å². The van der Waals surface area contributed by atoms with E-state index in [2.05, 4.69) is 6.92 Å². The summed E-state index contributed by atoms with van der Waals surface area (Å²) in [5.41, 5.74) is 0. The van der Waals surface area contributed by atoms with Gasteiger partial charge < -0.3 is 24.4 Å². The third-order valence-corrected chi connectivity index (χ3v) is 3.55. The highest BCUT2D eigenvalue weighted by atomic mass is 16.5. The number of aliphatic hydroxyl groups is 2.